The first-order valence-corrected chi connectivity index (χ1v) is 8.35. The van der Waals surface area contributed by atoms with Gasteiger partial charge in [0.05, 0.1) is 12.7 Å². The van der Waals surface area contributed by atoms with E-state index < -0.39 is 9.84 Å². The van der Waals surface area contributed by atoms with Crippen LogP contribution in [0.25, 0.3) is 0 Å². The van der Waals surface area contributed by atoms with Crippen molar-refractivity contribution < 1.29 is 8.42 Å². The molecule has 1 atom stereocenters. The Kier molecular flexibility index (Phi) is 4.07. The summed E-state index contributed by atoms with van der Waals surface area (Å²) < 4.78 is 24.5. The van der Waals surface area contributed by atoms with E-state index in [2.05, 4.69) is 17.3 Å². The lowest BCUT2D eigenvalue weighted by atomic mass is 10.2. The molecule has 18 heavy (non-hydrogen) atoms. The number of nitrogens with zero attached hydrogens (tertiary/aromatic N) is 2. The predicted octanol–water partition coefficient (Wildman–Crippen LogP) is 1.06. The number of hydrogen-bond donors (Lipinski definition) is 1. The van der Waals surface area contributed by atoms with Crippen molar-refractivity contribution in [2.75, 3.05) is 12.8 Å². The molecule has 1 saturated carbocycles. The van der Waals surface area contributed by atoms with Gasteiger partial charge in [-0.2, -0.15) is 5.10 Å². The van der Waals surface area contributed by atoms with E-state index in [0.717, 1.165) is 25.4 Å². The van der Waals surface area contributed by atoms with Crippen molar-refractivity contribution in [2.45, 2.75) is 43.7 Å². The molecule has 0 aromatic carbocycles. The summed E-state index contributed by atoms with van der Waals surface area (Å²) in [6.45, 7) is 3.90. The Balaban J connectivity index is 2.00. The third-order valence-electron chi connectivity index (χ3n) is 3.27. The molecular formula is C12H21N3O2S. The molecule has 1 fully saturated rings. The van der Waals surface area contributed by atoms with Gasteiger partial charge >= 0.3 is 0 Å². The number of hydrogen-bond acceptors (Lipinski definition) is 4. The van der Waals surface area contributed by atoms with Crippen LogP contribution < -0.4 is 5.32 Å². The van der Waals surface area contributed by atoms with Crippen molar-refractivity contribution in [1.29, 1.82) is 0 Å². The molecule has 0 bridgehead atoms. The minimum atomic E-state index is -3.14. The van der Waals surface area contributed by atoms with Crippen molar-refractivity contribution in [3.63, 3.8) is 0 Å². The number of aromatic nitrogens is 2. The smallest absolute Gasteiger partial charge is 0.178 e. The number of sulfone groups is 1. The second-order valence-corrected chi connectivity index (χ2v) is 7.08. The lowest BCUT2D eigenvalue weighted by Gasteiger charge is -2.17. The number of nitrogens with one attached hydrogen (secondary N) is 1. The monoisotopic (exact) mass is 271 g/mol. The van der Waals surface area contributed by atoms with Gasteiger partial charge in [-0.15, -0.1) is 0 Å². The van der Waals surface area contributed by atoms with Crippen molar-refractivity contribution in [2.24, 2.45) is 5.92 Å². The van der Waals surface area contributed by atoms with Gasteiger partial charge in [0.1, 0.15) is 4.90 Å². The predicted molar refractivity (Wildman–Crippen MR) is 70.1 cm³/mol. The third-order valence-corrected chi connectivity index (χ3v) is 4.34. The van der Waals surface area contributed by atoms with Gasteiger partial charge in [0.15, 0.2) is 9.84 Å². The Morgan fingerprint density at radius 1 is 1.56 bits per heavy atom. The van der Waals surface area contributed by atoms with Crippen LogP contribution in [0.2, 0.25) is 0 Å². The lowest BCUT2D eigenvalue weighted by molar-refractivity contribution is 0.389. The topological polar surface area (TPSA) is 64.0 Å². The Morgan fingerprint density at radius 3 is 2.78 bits per heavy atom. The molecule has 1 aromatic heterocycles. The lowest BCUT2D eigenvalue weighted by Crippen LogP contribution is -2.35. The minimum absolute atomic E-state index is 0.299. The fourth-order valence-corrected chi connectivity index (χ4v) is 2.60. The van der Waals surface area contributed by atoms with Crippen LogP contribution in [0.5, 0.6) is 0 Å². The fraction of sp³-hybridized carbons (Fsp3) is 0.750. The molecule has 1 aliphatic rings. The fourth-order valence-electron chi connectivity index (χ4n) is 2.05. The van der Waals surface area contributed by atoms with E-state index in [1.807, 2.05) is 0 Å². The van der Waals surface area contributed by atoms with E-state index in [9.17, 15) is 8.42 Å². The summed E-state index contributed by atoms with van der Waals surface area (Å²) >= 11 is 0. The molecule has 0 spiro atoms. The van der Waals surface area contributed by atoms with E-state index in [1.54, 1.807) is 10.9 Å². The van der Waals surface area contributed by atoms with Crippen LogP contribution in [0.3, 0.4) is 0 Å². The second-order valence-electron chi connectivity index (χ2n) is 5.07. The molecule has 0 amide bonds. The highest BCUT2D eigenvalue weighted by Crippen LogP contribution is 2.33. The van der Waals surface area contributed by atoms with Crippen LogP contribution in [0.4, 0.5) is 0 Å². The maximum atomic E-state index is 11.4. The summed E-state index contributed by atoms with van der Waals surface area (Å²) in [6.07, 6.45) is 7.90. The average molecular weight is 271 g/mol. The Labute approximate surface area is 108 Å². The van der Waals surface area contributed by atoms with Gasteiger partial charge in [-0.1, -0.05) is 6.92 Å². The quantitative estimate of drug-likeness (QED) is 0.805. The molecule has 0 saturated heterocycles. The highest BCUT2D eigenvalue weighted by Gasteiger charge is 2.31. The SMILES string of the molecule is CCCNC(Cn1cc(S(C)(=O)=O)cn1)C1CC1. The van der Waals surface area contributed by atoms with Crippen molar-refractivity contribution in [3.05, 3.63) is 12.4 Å². The molecule has 1 heterocycles. The molecule has 1 N–H and O–H groups in total. The van der Waals surface area contributed by atoms with Crippen LogP contribution in [0.1, 0.15) is 26.2 Å². The maximum Gasteiger partial charge on any atom is 0.178 e. The summed E-state index contributed by atoms with van der Waals surface area (Å²) in [5, 5.41) is 7.66. The standard InChI is InChI=1S/C12H21N3O2S/c1-3-6-13-12(10-4-5-10)9-15-8-11(7-14-15)18(2,16)17/h7-8,10,12-13H,3-6,9H2,1-2H3. The largest absolute Gasteiger partial charge is 0.312 e. The van der Waals surface area contributed by atoms with Gasteiger partial charge in [0.25, 0.3) is 0 Å². The van der Waals surface area contributed by atoms with Crippen molar-refractivity contribution >= 4 is 9.84 Å². The van der Waals surface area contributed by atoms with E-state index in [1.165, 1.54) is 25.3 Å². The first-order valence-electron chi connectivity index (χ1n) is 6.46. The highest BCUT2D eigenvalue weighted by molar-refractivity contribution is 7.90. The zero-order chi connectivity index (χ0) is 13.2. The van der Waals surface area contributed by atoms with Gasteiger partial charge in [0.2, 0.25) is 0 Å². The zero-order valence-electron chi connectivity index (χ0n) is 11.0. The van der Waals surface area contributed by atoms with Crippen LogP contribution in [-0.2, 0) is 16.4 Å². The summed E-state index contributed by atoms with van der Waals surface area (Å²) in [6, 6.07) is 0.414. The molecule has 1 unspecified atom stereocenters. The molecule has 102 valence electrons. The molecule has 5 nitrogen and oxygen atoms in total. The average Bonchev–Trinajstić information content (AvgIpc) is 3.02. The van der Waals surface area contributed by atoms with E-state index in [4.69, 9.17) is 0 Å². The summed E-state index contributed by atoms with van der Waals surface area (Å²) in [5.74, 6) is 0.724. The van der Waals surface area contributed by atoms with E-state index in [-0.39, 0.29) is 0 Å². The number of rotatable bonds is 7. The molecule has 6 heteroatoms. The van der Waals surface area contributed by atoms with Crippen LogP contribution in [-0.4, -0.2) is 37.0 Å². The van der Waals surface area contributed by atoms with Crippen molar-refractivity contribution in [3.8, 4) is 0 Å². The van der Waals surface area contributed by atoms with Crippen molar-refractivity contribution in [1.82, 2.24) is 15.1 Å². The van der Waals surface area contributed by atoms with Crippen LogP contribution >= 0.6 is 0 Å². The Morgan fingerprint density at radius 2 is 2.28 bits per heavy atom. The van der Waals surface area contributed by atoms with E-state index >= 15 is 0 Å². The van der Waals surface area contributed by atoms with Gasteiger partial charge < -0.3 is 5.32 Å². The summed E-state index contributed by atoms with van der Waals surface area (Å²) in [7, 11) is -3.14. The zero-order valence-corrected chi connectivity index (χ0v) is 11.8. The summed E-state index contributed by atoms with van der Waals surface area (Å²) in [4.78, 5) is 0.299. The molecular weight excluding hydrogens is 250 g/mol. The summed E-state index contributed by atoms with van der Waals surface area (Å²) in [5.41, 5.74) is 0. The molecule has 0 aliphatic heterocycles. The first-order chi connectivity index (χ1) is 8.50. The highest BCUT2D eigenvalue weighted by atomic mass is 32.2. The maximum absolute atomic E-state index is 11.4. The molecule has 1 aromatic rings. The Hall–Kier alpha value is -0.880. The van der Waals surface area contributed by atoms with Crippen LogP contribution in [0.15, 0.2) is 17.3 Å². The normalized spacial score (nSPS) is 17.9. The first kappa shape index (κ1) is 13.5. The minimum Gasteiger partial charge on any atom is -0.312 e. The van der Waals surface area contributed by atoms with Gasteiger partial charge in [-0.3, -0.25) is 4.68 Å². The third kappa shape index (κ3) is 3.55. The molecule has 2 rings (SSSR count). The van der Waals surface area contributed by atoms with E-state index in [0.29, 0.717) is 10.9 Å². The molecule has 0 radical (unpaired) electrons. The van der Waals surface area contributed by atoms with Gasteiger partial charge in [-0.05, 0) is 31.7 Å². The molecule has 1 aliphatic carbocycles. The Bertz CT molecular complexity index is 491. The van der Waals surface area contributed by atoms with Gasteiger partial charge in [-0.25, -0.2) is 8.42 Å². The van der Waals surface area contributed by atoms with Gasteiger partial charge in [0, 0.05) is 18.5 Å². The van der Waals surface area contributed by atoms with Crippen LogP contribution in [0, 0.1) is 5.92 Å². The second kappa shape index (κ2) is 5.40.